The fourth-order valence-corrected chi connectivity index (χ4v) is 2.86. The number of hydrogen-bond acceptors (Lipinski definition) is 5. The molecule has 2 heterocycles. The van der Waals surface area contributed by atoms with Gasteiger partial charge in [0.1, 0.15) is 11.5 Å². The minimum Gasteiger partial charge on any atom is -0.497 e. The van der Waals surface area contributed by atoms with Crippen LogP contribution in [0.5, 0.6) is 17.4 Å². The topological polar surface area (TPSA) is 79.2 Å². The molecule has 0 unspecified atom stereocenters. The lowest BCUT2D eigenvalue weighted by Gasteiger charge is -2.20. The van der Waals surface area contributed by atoms with Crippen LogP contribution in [-0.4, -0.2) is 53.8 Å². The van der Waals surface area contributed by atoms with E-state index in [4.69, 9.17) is 9.47 Å². The first-order valence-electron chi connectivity index (χ1n) is 9.16. The molecule has 1 aromatic carbocycles. The number of nitrogens with zero attached hydrogens (tertiary/aromatic N) is 3. The fourth-order valence-electron chi connectivity index (χ4n) is 2.86. The Hall–Kier alpha value is -2.07. The van der Waals surface area contributed by atoms with Gasteiger partial charge in [-0.2, -0.15) is 0 Å². The molecule has 0 amide bonds. The highest BCUT2D eigenvalue weighted by Gasteiger charge is 2.22. The number of rotatable bonds is 6. The van der Waals surface area contributed by atoms with Crippen LogP contribution in [0.4, 0.5) is 0 Å². The maximum atomic E-state index is 9.73. The summed E-state index contributed by atoms with van der Waals surface area (Å²) in [6.45, 7) is 4.79. The summed E-state index contributed by atoms with van der Waals surface area (Å²) in [7, 11) is 1.63. The SMILES string of the molecule is CCNC(=NCc1ccc(Oc2ccc(OC)cc2)nc1)N1CC[C@@H](O)C1.I. The molecule has 0 aliphatic carbocycles. The average Bonchev–Trinajstić information content (AvgIpc) is 3.13. The van der Waals surface area contributed by atoms with E-state index in [2.05, 4.69) is 20.2 Å². The molecule has 0 radical (unpaired) electrons. The van der Waals surface area contributed by atoms with E-state index in [9.17, 15) is 5.11 Å². The van der Waals surface area contributed by atoms with Crippen molar-refractivity contribution < 1.29 is 14.6 Å². The van der Waals surface area contributed by atoms with E-state index in [-0.39, 0.29) is 30.1 Å². The molecule has 0 spiro atoms. The number of halogens is 1. The van der Waals surface area contributed by atoms with Gasteiger partial charge in [0.15, 0.2) is 5.96 Å². The number of hydrogen-bond donors (Lipinski definition) is 2. The molecule has 1 aromatic heterocycles. The first-order valence-corrected chi connectivity index (χ1v) is 9.16. The van der Waals surface area contributed by atoms with Crippen LogP contribution in [0.1, 0.15) is 18.9 Å². The normalized spacial score (nSPS) is 16.5. The van der Waals surface area contributed by atoms with E-state index in [0.29, 0.717) is 24.7 Å². The van der Waals surface area contributed by atoms with Gasteiger partial charge in [-0.25, -0.2) is 9.98 Å². The molecule has 0 saturated carbocycles. The van der Waals surface area contributed by atoms with Crippen molar-refractivity contribution >= 4 is 29.9 Å². The Labute approximate surface area is 182 Å². The van der Waals surface area contributed by atoms with Crippen LogP contribution in [0.2, 0.25) is 0 Å². The van der Waals surface area contributed by atoms with Gasteiger partial charge in [0.2, 0.25) is 5.88 Å². The molecule has 1 aliphatic heterocycles. The second-order valence-corrected chi connectivity index (χ2v) is 6.34. The third-order valence-corrected chi connectivity index (χ3v) is 4.29. The van der Waals surface area contributed by atoms with Crippen LogP contribution >= 0.6 is 24.0 Å². The predicted octanol–water partition coefficient (Wildman–Crippen LogP) is 3.03. The van der Waals surface area contributed by atoms with E-state index in [1.165, 1.54) is 0 Å². The second-order valence-electron chi connectivity index (χ2n) is 6.34. The maximum Gasteiger partial charge on any atom is 0.219 e. The number of likely N-dealkylation sites (tertiary alicyclic amines) is 1. The number of aliphatic hydroxyl groups is 1. The molecule has 8 heteroatoms. The Morgan fingerprint density at radius 1 is 1.25 bits per heavy atom. The van der Waals surface area contributed by atoms with Crippen molar-refractivity contribution in [3.05, 3.63) is 48.2 Å². The third kappa shape index (κ3) is 6.23. The van der Waals surface area contributed by atoms with Crippen molar-refractivity contribution in [3.8, 4) is 17.4 Å². The summed E-state index contributed by atoms with van der Waals surface area (Å²) in [5.74, 6) is 2.84. The van der Waals surface area contributed by atoms with E-state index >= 15 is 0 Å². The quantitative estimate of drug-likeness (QED) is 0.362. The van der Waals surface area contributed by atoms with E-state index < -0.39 is 0 Å². The van der Waals surface area contributed by atoms with Gasteiger partial charge >= 0.3 is 0 Å². The minimum absolute atomic E-state index is 0. The second kappa shape index (κ2) is 11.1. The van der Waals surface area contributed by atoms with Crippen molar-refractivity contribution in [2.45, 2.75) is 26.0 Å². The smallest absolute Gasteiger partial charge is 0.219 e. The molecule has 3 rings (SSSR count). The molecular weight excluding hydrogens is 471 g/mol. The number of guanidine groups is 1. The minimum atomic E-state index is -0.273. The maximum absolute atomic E-state index is 9.73. The number of β-amino-alcohol motifs (C(OH)–C–C–N with tert-alkyl or cyclic N) is 1. The van der Waals surface area contributed by atoms with Crippen LogP contribution < -0.4 is 14.8 Å². The molecule has 7 nitrogen and oxygen atoms in total. The molecule has 1 saturated heterocycles. The number of nitrogens with one attached hydrogen (secondary N) is 1. The highest BCUT2D eigenvalue weighted by Crippen LogP contribution is 2.22. The third-order valence-electron chi connectivity index (χ3n) is 4.29. The van der Waals surface area contributed by atoms with Gasteiger partial charge in [-0.15, -0.1) is 24.0 Å². The molecule has 152 valence electrons. The Morgan fingerprint density at radius 3 is 2.57 bits per heavy atom. The summed E-state index contributed by atoms with van der Waals surface area (Å²) < 4.78 is 10.9. The molecule has 1 aliphatic rings. The average molecular weight is 498 g/mol. The summed E-state index contributed by atoms with van der Waals surface area (Å²) >= 11 is 0. The molecular formula is C20H27IN4O3. The monoisotopic (exact) mass is 498 g/mol. The number of aliphatic hydroxyl groups excluding tert-OH is 1. The van der Waals surface area contributed by atoms with Crippen LogP contribution in [0.3, 0.4) is 0 Å². The predicted molar refractivity (Wildman–Crippen MR) is 120 cm³/mol. The highest BCUT2D eigenvalue weighted by molar-refractivity contribution is 14.0. The van der Waals surface area contributed by atoms with Crippen LogP contribution in [0, 0.1) is 0 Å². The van der Waals surface area contributed by atoms with Gasteiger partial charge in [0, 0.05) is 31.9 Å². The molecule has 1 fully saturated rings. The lowest BCUT2D eigenvalue weighted by atomic mass is 10.3. The van der Waals surface area contributed by atoms with Crippen molar-refractivity contribution in [1.82, 2.24) is 15.2 Å². The van der Waals surface area contributed by atoms with Gasteiger partial charge in [-0.05, 0) is 43.2 Å². The standard InChI is InChI=1S/C20H26N4O3.HI/c1-3-21-20(24-11-10-16(25)14-24)23-13-15-4-9-19(22-12-15)27-18-7-5-17(26-2)6-8-18;/h4-9,12,16,25H,3,10-11,13-14H2,1-2H3,(H,21,23);1H/t16-;/m1./s1. The molecule has 1 atom stereocenters. The first-order chi connectivity index (χ1) is 13.2. The van der Waals surface area contributed by atoms with Gasteiger partial charge < -0.3 is 24.8 Å². The largest absolute Gasteiger partial charge is 0.497 e. The number of pyridine rings is 1. The summed E-state index contributed by atoms with van der Waals surface area (Å²) in [5.41, 5.74) is 0.993. The number of aromatic nitrogens is 1. The molecule has 0 bridgehead atoms. The van der Waals surface area contributed by atoms with Crippen molar-refractivity contribution in [3.63, 3.8) is 0 Å². The number of ether oxygens (including phenoxy) is 2. The summed E-state index contributed by atoms with van der Waals surface area (Å²) in [5, 5.41) is 13.0. The van der Waals surface area contributed by atoms with E-state index in [0.717, 1.165) is 36.8 Å². The number of benzene rings is 1. The van der Waals surface area contributed by atoms with Crippen molar-refractivity contribution in [2.24, 2.45) is 4.99 Å². The molecule has 2 N–H and O–H groups in total. The lowest BCUT2D eigenvalue weighted by Crippen LogP contribution is -2.40. The summed E-state index contributed by atoms with van der Waals surface area (Å²) in [6.07, 6.45) is 2.28. The number of methoxy groups -OCH3 is 1. The number of aliphatic imine (C=N–C) groups is 1. The van der Waals surface area contributed by atoms with Crippen LogP contribution in [0.15, 0.2) is 47.6 Å². The van der Waals surface area contributed by atoms with Crippen molar-refractivity contribution in [2.75, 3.05) is 26.7 Å². The first kappa shape index (κ1) is 22.2. The van der Waals surface area contributed by atoms with Crippen LogP contribution in [0.25, 0.3) is 0 Å². The van der Waals surface area contributed by atoms with Gasteiger partial charge in [0.05, 0.1) is 19.8 Å². The zero-order valence-electron chi connectivity index (χ0n) is 16.2. The van der Waals surface area contributed by atoms with Gasteiger partial charge in [-0.3, -0.25) is 0 Å². The Balaban J connectivity index is 0.00000280. The summed E-state index contributed by atoms with van der Waals surface area (Å²) in [6, 6.07) is 11.2. The highest BCUT2D eigenvalue weighted by atomic mass is 127. The van der Waals surface area contributed by atoms with E-state index in [1.54, 1.807) is 13.3 Å². The Kier molecular flexibility index (Phi) is 8.78. The zero-order chi connectivity index (χ0) is 19.1. The molecule has 28 heavy (non-hydrogen) atoms. The lowest BCUT2D eigenvalue weighted by molar-refractivity contribution is 0.188. The van der Waals surface area contributed by atoms with Crippen LogP contribution in [-0.2, 0) is 6.54 Å². The zero-order valence-corrected chi connectivity index (χ0v) is 18.5. The Morgan fingerprint density at radius 2 is 2.00 bits per heavy atom. The van der Waals surface area contributed by atoms with E-state index in [1.807, 2.05) is 43.3 Å². The van der Waals surface area contributed by atoms with Crippen molar-refractivity contribution in [1.29, 1.82) is 0 Å². The van der Waals surface area contributed by atoms with Gasteiger partial charge in [-0.1, -0.05) is 6.07 Å². The fraction of sp³-hybridized carbons (Fsp3) is 0.400. The summed E-state index contributed by atoms with van der Waals surface area (Å²) in [4.78, 5) is 11.1. The molecule has 2 aromatic rings. The van der Waals surface area contributed by atoms with Gasteiger partial charge in [0.25, 0.3) is 0 Å². The Bertz CT molecular complexity index is 753.